The van der Waals surface area contributed by atoms with Gasteiger partial charge in [-0.05, 0) is 30.2 Å². The molecule has 0 saturated carbocycles. The summed E-state index contributed by atoms with van der Waals surface area (Å²) >= 11 is 0. The molecule has 0 bridgehead atoms. The van der Waals surface area contributed by atoms with Gasteiger partial charge in [-0.2, -0.15) is 0 Å². The van der Waals surface area contributed by atoms with E-state index in [0.29, 0.717) is 12.1 Å². The van der Waals surface area contributed by atoms with Crippen LogP contribution in [0.1, 0.15) is 50.9 Å². The van der Waals surface area contributed by atoms with Crippen LogP contribution in [0, 0.1) is 17.0 Å². The van der Waals surface area contributed by atoms with Gasteiger partial charge in [-0.15, -0.1) is 0 Å². The van der Waals surface area contributed by atoms with E-state index in [1.807, 2.05) is 51.1 Å². The minimum atomic E-state index is -0.996. The van der Waals surface area contributed by atoms with E-state index in [1.54, 1.807) is 4.90 Å². The summed E-state index contributed by atoms with van der Waals surface area (Å²) in [5, 5.41) is 0. The lowest BCUT2D eigenvalue weighted by Gasteiger charge is -2.51. The van der Waals surface area contributed by atoms with Crippen molar-refractivity contribution in [2.24, 2.45) is 5.41 Å². The van der Waals surface area contributed by atoms with Crippen molar-refractivity contribution < 1.29 is 18.4 Å². The molecule has 0 aliphatic carbocycles. The SMILES string of the molecule is CC(=O)N1C(=O)N(C(C)c2ccccc2)CC(C)(C)C1c1ccc(F)c(F)c1. The Morgan fingerprint density at radius 2 is 1.75 bits per heavy atom. The van der Waals surface area contributed by atoms with E-state index in [9.17, 15) is 18.4 Å². The maximum atomic E-state index is 13.9. The molecule has 2 atom stereocenters. The number of amides is 3. The lowest BCUT2D eigenvalue weighted by Crippen LogP contribution is -2.60. The van der Waals surface area contributed by atoms with Crippen LogP contribution in [0.4, 0.5) is 13.6 Å². The molecular formula is C22H24F2N2O2. The summed E-state index contributed by atoms with van der Waals surface area (Å²) in [6, 6.07) is 11.8. The van der Waals surface area contributed by atoms with Gasteiger partial charge in [0.1, 0.15) is 0 Å². The minimum Gasteiger partial charge on any atom is -0.317 e. The van der Waals surface area contributed by atoms with E-state index in [4.69, 9.17) is 0 Å². The van der Waals surface area contributed by atoms with Gasteiger partial charge in [-0.1, -0.05) is 50.2 Å². The number of carbonyl (C=O) groups is 2. The molecule has 1 fully saturated rings. The molecule has 1 aliphatic rings. The summed E-state index contributed by atoms with van der Waals surface area (Å²) in [6.45, 7) is 7.45. The lowest BCUT2D eigenvalue weighted by atomic mass is 9.76. The van der Waals surface area contributed by atoms with Gasteiger partial charge >= 0.3 is 6.03 Å². The lowest BCUT2D eigenvalue weighted by molar-refractivity contribution is -0.133. The van der Waals surface area contributed by atoms with Crippen molar-refractivity contribution in [3.63, 3.8) is 0 Å². The third-order valence-corrected chi connectivity index (χ3v) is 5.38. The second-order valence-corrected chi connectivity index (χ2v) is 7.95. The molecule has 6 heteroatoms. The van der Waals surface area contributed by atoms with Gasteiger partial charge in [0.25, 0.3) is 0 Å². The van der Waals surface area contributed by atoms with E-state index in [0.717, 1.165) is 22.6 Å². The van der Waals surface area contributed by atoms with E-state index >= 15 is 0 Å². The zero-order valence-corrected chi connectivity index (χ0v) is 16.4. The molecule has 1 aliphatic heterocycles. The molecule has 0 aromatic heterocycles. The maximum absolute atomic E-state index is 13.9. The van der Waals surface area contributed by atoms with Crippen molar-refractivity contribution in [1.82, 2.24) is 9.80 Å². The highest BCUT2D eigenvalue weighted by molar-refractivity contribution is 5.94. The van der Waals surface area contributed by atoms with Crippen molar-refractivity contribution in [3.8, 4) is 0 Å². The second-order valence-electron chi connectivity index (χ2n) is 7.95. The molecule has 2 unspecified atom stereocenters. The van der Waals surface area contributed by atoms with Gasteiger partial charge in [-0.3, -0.25) is 9.69 Å². The normalized spacial score (nSPS) is 20.2. The number of imide groups is 1. The minimum absolute atomic E-state index is 0.235. The number of urea groups is 1. The van der Waals surface area contributed by atoms with Gasteiger partial charge in [-0.25, -0.2) is 13.6 Å². The Kier molecular flexibility index (Phi) is 5.24. The zero-order valence-electron chi connectivity index (χ0n) is 16.4. The third-order valence-electron chi connectivity index (χ3n) is 5.38. The van der Waals surface area contributed by atoms with Crippen LogP contribution in [0.2, 0.25) is 0 Å². The van der Waals surface area contributed by atoms with Gasteiger partial charge in [0, 0.05) is 18.9 Å². The average Bonchev–Trinajstić information content (AvgIpc) is 2.65. The molecule has 1 heterocycles. The summed E-state index contributed by atoms with van der Waals surface area (Å²) in [5.41, 5.74) is 0.785. The molecule has 3 rings (SSSR count). The van der Waals surface area contributed by atoms with Crippen molar-refractivity contribution in [3.05, 3.63) is 71.3 Å². The monoisotopic (exact) mass is 386 g/mol. The highest BCUT2D eigenvalue weighted by atomic mass is 19.2. The zero-order chi connectivity index (χ0) is 20.6. The van der Waals surface area contributed by atoms with E-state index in [1.165, 1.54) is 13.0 Å². The number of benzene rings is 2. The van der Waals surface area contributed by atoms with Crippen LogP contribution in [0.25, 0.3) is 0 Å². The Labute approximate surface area is 163 Å². The standard InChI is InChI=1S/C22H24F2N2O2/c1-14(16-8-6-5-7-9-16)25-13-22(3,4)20(26(15(2)27)21(25)28)17-10-11-18(23)19(24)12-17/h5-12,14,20H,13H2,1-4H3. The van der Waals surface area contributed by atoms with Crippen LogP contribution in [0.3, 0.4) is 0 Å². The quantitative estimate of drug-likeness (QED) is 0.738. The van der Waals surface area contributed by atoms with Gasteiger partial charge in [0.05, 0.1) is 12.1 Å². The fourth-order valence-electron chi connectivity index (χ4n) is 4.00. The first-order chi connectivity index (χ1) is 13.1. The number of carbonyl (C=O) groups excluding carboxylic acids is 2. The number of halogens is 2. The van der Waals surface area contributed by atoms with E-state index in [-0.39, 0.29) is 6.04 Å². The predicted molar refractivity (Wildman–Crippen MR) is 102 cm³/mol. The molecule has 28 heavy (non-hydrogen) atoms. The fourth-order valence-corrected chi connectivity index (χ4v) is 4.00. The Morgan fingerprint density at radius 1 is 1.11 bits per heavy atom. The van der Waals surface area contributed by atoms with Gasteiger partial charge < -0.3 is 4.90 Å². The maximum Gasteiger partial charge on any atom is 0.327 e. The second kappa shape index (κ2) is 7.34. The summed E-state index contributed by atoms with van der Waals surface area (Å²) in [5.74, 6) is -2.39. The van der Waals surface area contributed by atoms with Gasteiger partial charge in [0.2, 0.25) is 5.91 Å². The van der Waals surface area contributed by atoms with E-state index in [2.05, 4.69) is 0 Å². The van der Waals surface area contributed by atoms with Crippen LogP contribution in [0.5, 0.6) is 0 Å². The first-order valence-electron chi connectivity index (χ1n) is 9.24. The van der Waals surface area contributed by atoms with Crippen LogP contribution in [0.15, 0.2) is 48.5 Å². The Hall–Kier alpha value is -2.76. The summed E-state index contributed by atoms with van der Waals surface area (Å²) < 4.78 is 27.3. The molecule has 1 saturated heterocycles. The molecule has 0 radical (unpaired) electrons. The van der Waals surface area contributed by atoms with Crippen molar-refractivity contribution in [2.75, 3.05) is 6.54 Å². The van der Waals surface area contributed by atoms with Crippen LogP contribution in [-0.4, -0.2) is 28.3 Å². The summed E-state index contributed by atoms with van der Waals surface area (Å²) in [4.78, 5) is 28.5. The first-order valence-corrected chi connectivity index (χ1v) is 9.24. The molecular weight excluding hydrogens is 362 g/mol. The van der Waals surface area contributed by atoms with Crippen LogP contribution < -0.4 is 0 Å². The Morgan fingerprint density at radius 3 is 2.32 bits per heavy atom. The number of hydrogen-bond donors (Lipinski definition) is 0. The van der Waals surface area contributed by atoms with E-state index < -0.39 is 35.0 Å². The number of rotatable bonds is 3. The van der Waals surface area contributed by atoms with Crippen LogP contribution >= 0.6 is 0 Å². The van der Waals surface area contributed by atoms with Crippen molar-refractivity contribution >= 4 is 11.9 Å². The predicted octanol–water partition coefficient (Wildman–Crippen LogP) is 5.08. The molecule has 2 aromatic carbocycles. The topological polar surface area (TPSA) is 40.6 Å². The summed E-state index contributed by atoms with van der Waals surface area (Å²) in [6.07, 6.45) is 0. The molecule has 4 nitrogen and oxygen atoms in total. The van der Waals surface area contributed by atoms with Crippen molar-refractivity contribution in [2.45, 2.75) is 39.8 Å². The first kappa shape index (κ1) is 20.0. The third kappa shape index (κ3) is 3.51. The average molecular weight is 386 g/mol. The number of hydrogen-bond acceptors (Lipinski definition) is 2. The fraction of sp³-hybridized carbons (Fsp3) is 0.364. The molecule has 2 aromatic rings. The molecule has 148 valence electrons. The molecule has 0 spiro atoms. The Balaban J connectivity index is 2.04. The largest absolute Gasteiger partial charge is 0.327 e. The summed E-state index contributed by atoms with van der Waals surface area (Å²) in [7, 11) is 0. The van der Waals surface area contributed by atoms with Crippen LogP contribution in [-0.2, 0) is 4.79 Å². The van der Waals surface area contributed by atoms with Crippen molar-refractivity contribution in [1.29, 1.82) is 0 Å². The Bertz CT molecular complexity index is 899. The highest BCUT2D eigenvalue weighted by Gasteiger charge is 2.49. The number of nitrogens with zero attached hydrogens (tertiary/aromatic N) is 2. The molecule has 3 amide bonds. The molecule has 0 N–H and O–H groups in total. The van der Waals surface area contributed by atoms with Gasteiger partial charge in [0.15, 0.2) is 11.6 Å². The smallest absolute Gasteiger partial charge is 0.317 e. The highest BCUT2D eigenvalue weighted by Crippen LogP contribution is 2.45.